The Kier molecular flexibility index (Phi) is 3.01. The summed E-state index contributed by atoms with van der Waals surface area (Å²) in [5, 5.41) is 12.5. The van der Waals surface area contributed by atoms with Crippen LogP contribution in [-0.4, -0.2) is 23.3 Å². The maximum absolute atomic E-state index is 10.7. The summed E-state index contributed by atoms with van der Waals surface area (Å²) < 4.78 is 9.91. The molecule has 6 heteroatoms. The van der Waals surface area contributed by atoms with Gasteiger partial charge in [-0.25, -0.2) is 4.79 Å². The van der Waals surface area contributed by atoms with Crippen LogP contribution in [0.3, 0.4) is 0 Å². The van der Waals surface area contributed by atoms with Crippen LogP contribution >= 0.6 is 11.6 Å². The second-order valence-corrected chi connectivity index (χ2v) is 3.63. The number of benzene rings is 1. The molecule has 2 rings (SSSR count). The van der Waals surface area contributed by atoms with Gasteiger partial charge in [0.2, 0.25) is 0 Å². The van der Waals surface area contributed by atoms with E-state index in [0.717, 1.165) is 0 Å². The molecule has 0 fully saturated rings. The summed E-state index contributed by atoms with van der Waals surface area (Å²) in [5.74, 6) is -0.239. The topological polar surface area (TPSA) is 72.6 Å². The first-order valence-electron chi connectivity index (χ1n) is 4.65. The lowest BCUT2D eigenvalue weighted by Crippen LogP contribution is -1.94. The number of carboxylic acid groups (broad SMARTS) is 1. The lowest BCUT2D eigenvalue weighted by atomic mass is 10.1. The van der Waals surface area contributed by atoms with Crippen molar-refractivity contribution in [1.82, 2.24) is 5.16 Å². The number of aromatic nitrogens is 1. The second kappa shape index (κ2) is 4.47. The zero-order valence-electron chi connectivity index (χ0n) is 8.81. The van der Waals surface area contributed by atoms with Crippen LogP contribution in [0.4, 0.5) is 0 Å². The van der Waals surface area contributed by atoms with E-state index in [9.17, 15) is 4.79 Å². The van der Waals surface area contributed by atoms with E-state index in [1.54, 1.807) is 18.2 Å². The fourth-order valence-electron chi connectivity index (χ4n) is 1.33. The van der Waals surface area contributed by atoms with Crippen LogP contribution in [-0.2, 0) is 0 Å². The van der Waals surface area contributed by atoms with Crippen molar-refractivity contribution in [3.8, 4) is 17.1 Å². The summed E-state index contributed by atoms with van der Waals surface area (Å²) in [6.45, 7) is 0. The Balaban J connectivity index is 2.42. The predicted molar refractivity (Wildman–Crippen MR) is 60.5 cm³/mol. The Hall–Kier alpha value is -2.01. The molecule has 0 atom stereocenters. The van der Waals surface area contributed by atoms with Gasteiger partial charge in [0.15, 0.2) is 11.5 Å². The Morgan fingerprint density at radius 2 is 2.24 bits per heavy atom. The van der Waals surface area contributed by atoms with Gasteiger partial charge < -0.3 is 14.4 Å². The van der Waals surface area contributed by atoms with Crippen LogP contribution < -0.4 is 4.74 Å². The van der Waals surface area contributed by atoms with Gasteiger partial charge in [0.1, 0.15) is 5.75 Å². The SMILES string of the molecule is COc1ccc(-c2cc(C(=O)O)no2)c(Cl)c1. The molecule has 0 saturated heterocycles. The van der Waals surface area contributed by atoms with Gasteiger partial charge in [0.05, 0.1) is 12.1 Å². The number of hydrogen-bond acceptors (Lipinski definition) is 4. The molecule has 0 amide bonds. The number of nitrogens with zero attached hydrogens (tertiary/aromatic N) is 1. The first-order chi connectivity index (χ1) is 8.11. The highest BCUT2D eigenvalue weighted by atomic mass is 35.5. The van der Waals surface area contributed by atoms with Gasteiger partial charge in [-0.15, -0.1) is 0 Å². The van der Waals surface area contributed by atoms with E-state index in [1.807, 2.05) is 0 Å². The molecule has 1 aromatic carbocycles. The number of ether oxygens (including phenoxy) is 1. The molecule has 0 aliphatic heterocycles. The molecule has 0 spiro atoms. The van der Waals surface area contributed by atoms with E-state index in [2.05, 4.69) is 5.16 Å². The second-order valence-electron chi connectivity index (χ2n) is 3.23. The fourth-order valence-corrected chi connectivity index (χ4v) is 1.59. The molecule has 0 aliphatic rings. The number of aromatic carboxylic acids is 1. The van der Waals surface area contributed by atoms with Crippen LogP contribution in [0.5, 0.6) is 5.75 Å². The largest absolute Gasteiger partial charge is 0.497 e. The number of carboxylic acids is 1. The van der Waals surface area contributed by atoms with Crippen molar-refractivity contribution in [3.05, 3.63) is 35.0 Å². The Morgan fingerprint density at radius 3 is 2.76 bits per heavy atom. The van der Waals surface area contributed by atoms with Gasteiger partial charge >= 0.3 is 5.97 Å². The third kappa shape index (κ3) is 2.24. The molecule has 1 N–H and O–H groups in total. The smallest absolute Gasteiger partial charge is 0.358 e. The van der Waals surface area contributed by atoms with Crippen LogP contribution in [0.2, 0.25) is 5.02 Å². The Bertz CT molecular complexity index is 564. The van der Waals surface area contributed by atoms with Crippen molar-refractivity contribution in [3.63, 3.8) is 0 Å². The minimum Gasteiger partial charge on any atom is -0.497 e. The highest BCUT2D eigenvalue weighted by Crippen LogP contribution is 2.31. The normalized spacial score (nSPS) is 10.2. The molecule has 0 saturated carbocycles. The summed E-state index contributed by atoms with van der Waals surface area (Å²) in [6.07, 6.45) is 0. The van der Waals surface area contributed by atoms with Gasteiger partial charge in [-0.05, 0) is 18.2 Å². The van der Waals surface area contributed by atoms with Crippen molar-refractivity contribution in [2.75, 3.05) is 7.11 Å². The monoisotopic (exact) mass is 253 g/mol. The number of carbonyl (C=O) groups is 1. The van der Waals surface area contributed by atoms with Gasteiger partial charge in [-0.2, -0.15) is 0 Å². The van der Waals surface area contributed by atoms with Gasteiger partial charge in [-0.1, -0.05) is 16.8 Å². The third-order valence-corrected chi connectivity index (χ3v) is 2.48. The number of methoxy groups -OCH3 is 1. The maximum Gasteiger partial charge on any atom is 0.358 e. The third-order valence-electron chi connectivity index (χ3n) is 2.17. The van der Waals surface area contributed by atoms with E-state index in [-0.39, 0.29) is 5.69 Å². The van der Waals surface area contributed by atoms with Crippen molar-refractivity contribution in [2.45, 2.75) is 0 Å². The van der Waals surface area contributed by atoms with E-state index >= 15 is 0 Å². The van der Waals surface area contributed by atoms with Crippen molar-refractivity contribution in [1.29, 1.82) is 0 Å². The number of hydrogen-bond donors (Lipinski definition) is 1. The number of halogens is 1. The van der Waals surface area contributed by atoms with Crippen molar-refractivity contribution >= 4 is 17.6 Å². The van der Waals surface area contributed by atoms with Gasteiger partial charge in [0, 0.05) is 11.6 Å². The molecule has 17 heavy (non-hydrogen) atoms. The van der Waals surface area contributed by atoms with Crippen molar-refractivity contribution in [2.24, 2.45) is 0 Å². The maximum atomic E-state index is 10.7. The Morgan fingerprint density at radius 1 is 1.47 bits per heavy atom. The lowest BCUT2D eigenvalue weighted by Gasteiger charge is -2.02. The van der Waals surface area contributed by atoms with Gasteiger partial charge in [0.25, 0.3) is 0 Å². The van der Waals surface area contributed by atoms with Gasteiger partial charge in [-0.3, -0.25) is 0 Å². The molecule has 0 unspecified atom stereocenters. The first kappa shape index (κ1) is 11.5. The fraction of sp³-hybridized carbons (Fsp3) is 0.0909. The molecular weight excluding hydrogens is 246 g/mol. The summed E-state index contributed by atoms with van der Waals surface area (Å²) in [6, 6.07) is 6.30. The molecule has 0 bridgehead atoms. The molecule has 0 radical (unpaired) electrons. The average molecular weight is 254 g/mol. The number of rotatable bonds is 3. The predicted octanol–water partition coefficient (Wildman–Crippen LogP) is 2.70. The van der Waals surface area contributed by atoms with Crippen LogP contribution in [0.15, 0.2) is 28.8 Å². The summed E-state index contributed by atoms with van der Waals surface area (Å²) >= 11 is 6.02. The van der Waals surface area contributed by atoms with Crippen LogP contribution in [0, 0.1) is 0 Å². The lowest BCUT2D eigenvalue weighted by molar-refractivity contribution is 0.0686. The standard InChI is InChI=1S/C11H8ClNO4/c1-16-6-2-3-7(8(12)4-6)10-5-9(11(14)15)13-17-10/h2-5H,1H3,(H,14,15). The first-order valence-corrected chi connectivity index (χ1v) is 5.03. The molecule has 5 nitrogen and oxygen atoms in total. The summed E-state index contributed by atoms with van der Waals surface area (Å²) in [4.78, 5) is 10.7. The van der Waals surface area contributed by atoms with E-state index in [1.165, 1.54) is 13.2 Å². The molecule has 1 heterocycles. The molecule has 88 valence electrons. The Labute approximate surface area is 102 Å². The molecular formula is C11H8ClNO4. The van der Waals surface area contributed by atoms with E-state index in [0.29, 0.717) is 22.1 Å². The van der Waals surface area contributed by atoms with E-state index in [4.69, 9.17) is 26.0 Å². The zero-order valence-corrected chi connectivity index (χ0v) is 9.56. The van der Waals surface area contributed by atoms with Crippen LogP contribution in [0.1, 0.15) is 10.5 Å². The van der Waals surface area contributed by atoms with Crippen LogP contribution in [0.25, 0.3) is 11.3 Å². The minimum atomic E-state index is -1.15. The quantitative estimate of drug-likeness (QED) is 0.910. The van der Waals surface area contributed by atoms with E-state index < -0.39 is 5.97 Å². The highest BCUT2D eigenvalue weighted by Gasteiger charge is 2.14. The molecule has 1 aromatic heterocycles. The highest BCUT2D eigenvalue weighted by molar-refractivity contribution is 6.33. The minimum absolute atomic E-state index is 0.160. The average Bonchev–Trinajstić information content (AvgIpc) is 2.78. The summed E-state index contributed by atoms with van der Waals surface area (Å²) in [7, 11) is 1.53. The zero-order chi connectivity index (χ0) is 12.4. The van der Waals surface area contributed by atoms with Crippen molar-refractivity contribution < 1.29 is 19.2 Å². The summed E-state index contributed by atoms with van der Waals surface area (Å²) in [5.41, 5.74) is 0.402. The molecule has 2 aromatic rings. The molecule has 0 aliphatic carbocycles.